The first-order valence-electron chi connectivity index (χ1n) is 10.7. The lowest BCUT2D eigenvalue weighted by molar-refractivity contribution is -0.186. The third-order valence-corrected chi connectivity index (χ3v) is 5.51. The third-order valence-electron chi connectivity index (χ3n) is 4.93. The maximum atomic E-state index is 12.1. The lowest BCUT2D eigenvalue weighted by atomic mass is 10.1. The van der Waals surface area contributed by atoms with Crippen molar-refractivity contribution in [3.05, 3.63) is 26.9 Å². The molecule has 3 heterocycles. The number of ether oxygens (including phenoxy) is 4. The Morgan fingerprint density at radius 1 is 1.11 bits per heavy atom. The Labute approximate surface area is 208 Å². The number of nitrogens with one attached hydrogen (secondary N) is 2. The van der Waals surface area contributed by atoms with E-state index in [2.05, 4.69) is 20.3 Å². The molecular weight excluding hydrogens is 498 g/mol. The number of anilines is 1. The first kappa shape index (κ1) is 26.9. The summed E-state index contributed by atoms with van der Waals surface area (Å²) in [6.45, 7) is 4.58. The van der Waals surface area contributed by atoms with Gasteiger partial charge in [-0.15, -0.1) is 0 Å². The van der Waals surface area contributed by atoms with Gasteiger partial charge in [-0.2, -0.15) is 4.98 Å². The van der Waals surface area contributed by atoms with Crippen LogP contribution in [0.2, 0.25) is 0 Å². The summed E-state index contributed by atoms with van der Waals surface area (Å²) < 4.78 is 23.1. The fourth-order valence-electron chi connectivity index (χ4n) is 3.50. The van der Waals surface area contributed by atoms with Gasteiger partial charge in [-0.3, -0.25) is 24.0 Å². The largest absolute Gasteiger partial charge is 0.463 e. The molecule has 14 nitrogen and oxygen atoms in total. The van der Waals surface area contributed by atoms with Crippen molar-refractivity contribution in [2.45, 2.75) is 52.7 Å². The number of nitrogens with zero attached hydrogens (tertiary/aromatic N) is 3. The molecule has 0 unspecified atom stereocenters. The molecule has 15 heteroatoms. The van der Waals surface area contributed by atoms with Crippen LogP contribution in [0.4, 0.5) is 11.6 Å². The zero-order valence-electron chi connectivity index (χ0n) is 20.1. The number of aromatic amines is 1. The highest BCUT2D eigenvalue weighted by Gasteiger charge is 2.34. The lowest BCUT2D eigenvalue weighted by Crippen LogP contribution is -2.45. The normalized spacial score (nSPS) is 14.8. The lowest BCUT2D eigenvalue weighted by Gasteiger charge is -2.30. The number of carbonyl (C=O) groups is 3. The van der Waals surface area contributed by atoms with Crippen molar-refractivity contribution in [3.8, 4) is 0 Å². The number of hydrogen-bond acceptors (Lipinski definition) is 13. The molecular formula is C21H25N5O9S. The topological polar surface area (TPSA) is 180 Å². The first-order valence-corrected chi connectivity index (χ1v) is 11.9. The number of hydrogen-bond donors (Lipinski definition) is 2. The summed E-state index contributed by atoms with van der Waals surface area (Å²) in [6, 6.07) is 0. The summed E-state index contributed by atoms with van der Waals surface area (Å²) in [5, 5.41) is 3.72. The van der Waals surface area contributed by atoms with Gasteiger partial charge in [-0.05, 0) is 13.2 Å². The number of thioether (sulfide) groups is 1. The minimum Gasteiger partial charge on any atom is -0.463 e. The SMILES string of the molecule is CSC1=Nc2c3c(nc(=O)c(=O)[nH]c3cn2CO[C@H](COC(C)=O)[C@@H](OC(C)=O)[C@H](C)OC(C)=O)N1. The van der Waals surface area contributed by atoms with E-state index >= 15 is 0 Å². The predicted molar refractivity (Wildman–Crippen MR) is 129 cm³/mol. The number of carbonyl (C=O) groups excluding carboxylic acids is 3. The van der Waals surface area contributed by atoms with Crippen LogP contribution in [0.5, 0.6) is 0 Å². The number of esters is 3. The second kappa shape index (κ2) is 11.3. The van der Waals surface area contributed by atoms with Gasteiger partial charge in [-0.1, -0.05) is 11.8 Å². The quantitative estimate of drug-likeness (QED) is 0.266. The molecule has 2 N–H and O–H groups in total. The number of rotatable bonds is 9. The zero-order chi connectivity index (χ0) is 26.6. The van der Waals surface area contributed by atoms with Crippen LogP contribution in [0.1, 0.15) is 27.7 Å². The van der Waals surface area contributed by atoms with Crippen molar-refractivity contribution in [2.24, 2.45) is 4.99 Å². The van der Waals surface area contributed by atoms with Crippen molar-refractivity contribution in [3.63, 3.8) is 0 Å². The molecule has 0 aromatic carbocycles. The van der Waals surface area contributed by atoms with E-state index in [4.69, 9.17) is 18.9 Å². The standard InChI is InChI=1S/C21H25N5O9S/c1-9(34-11(3)28)16(35-12(4)29)14(7-32-10(2)27)33-8-26-6-13-15-17(23-20(31)19(30)22-13)24-21(36-5)25-18(15)26/h6,9,14,16H,7-8H2,1-5H3,(H,22,30)(H,23,24,25,31)/t9-,14+,16-/m0/s1. The molecule has 2 aromatic heterocycles. The highest BCUT2D eigenvalue weighted by atomic mass is 32.2. The van der Waals surface area contributed by atoms with E-state index in [0.717, 1.165) is 0 Å². The Morgan fingerprint density at radius 2 is 1.81 bits per heavy atom. The molecule has 0 aliphatic carbocycles. The Morgan fingerprint density at radius 3 is 2.42 bits per heavy atom. The molecule has 1 aliphatic rings. The van der Waals surface area contributed by atoms with E-state index in [1.54, 1.807) is 6.26 Å². The summed E-state index contributed by atoms with van der Waals surface area (Å²) in [4.78, 5) is 69.6. The van der Waals surface area contributed by atoms with Crippen LogP contribution in [0.25, 0.3) is 10.9 Å². The van der Waals surface area contributed by atoms with Crippen molar-refractivity contribution in [2.75, 3.05) is 18.2 Å². The first-order chi connectivity index (χ1) is 17.0. The second-order valence-electron chi connectivity index (χ2n) is 7.70. The van der Waals surface area contributed by atoms with Gasteiger partial charge in [0.1, 0.15) is 31.4 Å². The molecule has 2 aromatic rings. The zero-order valence-corrected chi connectivity index (χ0v) is 21.0. The maximum absolute atomic E-state index is 12.1. The molecule has 1 aliphatic heterocycles. The highest BCUT2D eigenvalue weighted by Crippen LogP contribution is 2.35. The predicted octanol–water partition coefficient (Wildman–Crippen LogP) is 0.650. The Balaban J connectivity index is 2.00. The molecule has 36 heavy (non-hydrogen) atoms. The Hall–Kier alpha value is -3.72. The van der Waals surface area contributed by atoms with Crippen LogP contribution in [-0.4, -0.2) is 68.8 Å². The molecule has 0 amide bonds. The average molecular weight is 524 g/mol. The molecule has 0 saturated heterocycles. The fraction of sp³-hybridized carbons (Fsp3) is 0.476. The summed E-state index contributed by atoms with van der Waals surface area (Å²) in [5.74, 6) is -1.37. The van der Waals surface area contributed by atoms with Crippen molar-refractivity contribution in [1.29, 1.82) is 0 Å². The van der Waals surface area contributed by atoms with E-state index in [1.165, 1.54) is 50.2 Å². The minimum absolute atomic E-state index is 0.152. The molecule has 3 rings (SSSR count). The maximum Gasteiger partial charge on any atom is 0.337 e. The fourth-order valence-corrected chi connectivity index (χ4v) is 3.87. The number of amidine groups is 1. The highest BCUT2D eigenvalue weighted by molar-refractivity contribution is 8.13. The van der Waals surface area contributed by atoms with Crippen LogP contribution in [0, 0.1) is 0 Å². The minimum atomic E-state index is -1.11. The van der Waals surface area contributed by atoms with Gasteiger partial charge in [0.2, 0.25) is 0 Å². The van der Waals surface area contributed by atoms with Crippen molar-refractivity contribution >= 4 is 57.4 Å². The van der Waals surface area contributed by atoms with Crippen LogP contribution in [-0.2, 0) is 40.1 Å². The summed E-state index contributed by atoms with van der Waals surface area (Å²) in [6.07, 6.45) is 0.179. The van der Waals surface area contributed by atoms with Gasteiger partial charge in [-0.25, -0.2) is 4.99 Å². The van der Waals surface area contributed by atoms with E-state index in [0.29, 0.717) is 16.4 Å². The van der Waals surface area contributed by atoms with Gasteiger partial charge in [0.05, 0.1) is 10.9 Å². The van der Waals surface area contributed by atoms with Gasteiger partial charge in [0.25, 0.3) is 0 Å². The monoisotopic (exact) mass is 523 g/mol. The molecule has 0 radical (unpaired) electrons. The van der Waals surface area contributed by atoms with Gasteiger partial charge >= 0.3 is 29.0 Å². The Bertz CT molecular complexity index is 1340. The van der Waals surface area contributed by atoms with Crippen LogP contribution < -0.4 is 16.4 Å². The van der Waals surface area contributed by atoms with Crippen LogP contribution in [0.3, 0.4) is 0 Å². The van der Waals surface area contributed by atoms with Crippen molar-refractivity contribution < 1.29 is 33.3 Å². The Kier molecular flexibility index (Phi) is 8.47. The molecule has 194 valence electrons. The van der Waals surface area contributed by atoms with Gasteiger partial charge in [0.15, 0.2) is 17.1 Å². The van der Waals surface area contributed by atoms with Crippen LogP contribution in [0.15, 0.2) is 20.8 Å². The molecule has 3 atom stereocenters. The number of aromatic nitrogens is 3. The number of aliphatic imine (C=N–C) groups is 1. The summed E-state index contributed by atoms with van der Waals surface area (Å²) in [5.41, 5.74) is -1.60. The average Bonchev–Trinajstić information content (AvgIpc) is 3.08. The molecule has 0 bridgehead atoms. The summed E-state index contributed by atoms with van der Waals surface area (Å²) >= 11 is 1.26. The summed E-state index contributed by atoms with van der Waals surface area (Å²) in [7, 11) is 0. The second-order valence-corrected chi connectivity index (χ2v) is 8.50. The van der Waals surface area contributed by atoms with Gasteiger partial charge < -0.3 is 33.8 Å². The van der Waals surface area contributed by atoms with E-state index in [1.807, 2.05) is 0 Å². The molecule has 0 fully saturated rings. The van der Waals surface area contributed by atoms with Crippen LogP contribution >= 0.6 is 11.8 Å². The number of H-pyrrole nitrogens is 1. The molecule has 0 spiro atoms. The van der Waals surface area contributed by atoms with E-state index in [9.17, 15) is 24.0 Å². The van der Waals surface area contributed by atoms with Crippen molar-refractivity contribution in [1.82, 2.24) is 14.5 Å². The molecule has 0 saturated carbocycles. The smallest absolute Gasteiger partial charge is 0.337 e. The third kappa shape index (κ3) is 6.28. The van der Waals surface area contributed by atoms with E-state index < -0.39 is 47.3 Å². The van der Waals surface area contributed by atoms with Gasteiger partial charge in [0, 0.05) is 27.0 Å². The van der Waals surface area contributed by atoms with E-state index in [-0.39, 0.29) is 24.7 Å².